The van der Waals surface area contributed by atoms with Gasteiger partial charge >= 0.3 is 0 Å². The third kappa shape index (κ3) is 1.91. The van der Waals surface area contributed by atoms with Crippen molar-refractivity contribution in [2.45, 2.75) is 31.7 Å². The fourth-order valence-electron chi connectivity index (χ4n) is 1.63. The van der Waals surface area contributed by atoms with Crippen molar-refractivity contribution in [2.24, 2.45) is 17.5 Å². The standard InChI is InChI=1S/C7H15N3O/c8-6(7(11)10-9)5-3-1-2-4-5/h5-6H,1-4,8-9H2,(H,10,11). The smallest absolute Gasteiger partial charge is 0.251 e. The molecule has 1 rings (SSSR count). The van der Waals surface area contributed by atoms with Crippen LogP contribution in [0.2, 0.25) is 0 Å². The fourth-order valence-corrected chi connectivity index (χ4v) is 1.63. The summed E-state index contributed by atoms with van der Waals surface area (Å²) < 4.78 is 0. The molecule has 0 aromatic carbocycles. The van der Waals surface area contributed by atoms with Crippen LogP contribution in [0.5, 0.6) is 0 Å². The van der Waals surface area contributed by atoms with Gasteiger partial charge in [-0.2, -0.15) is 0 Å². The van der Waals surface area contributed by atoms with Gasteiger partial charge < -0.3 is 5.73 Å². The maximum absolute atomic E-state index is 10.9. The van der Waals surface area contributed by atoms with Crippen LogP contribution in [-0.4, -0.2) is 11.9 Å². The average molecular weight is 157 g/mol. The Morgan fingerprint density at radius 3 is 2.45 bits per heavy atom. The summed E-state index contributed by atoms with van der Waals surface area (Å²) >= 11 is 0. The Morgan fingerprint density at radius 2 is 2.00 bits per heavy atom. The quantitative estimate of drug-likeness (QED) is 0.287. The highest BCUT2D eigenvalue weighted by Gasteiger charge is 2.26. The van der Waals surface area contributed by atoms with Crippen LogP contribution in [-0.2, 0) is 4.79 Å². The number of rotatable bonds is 2. The maximum atomic E-state index is 10.9. The van der Waals surface area contributed by atoms with Crippen molar-refractivity contribution < 1.29 is 4.79 Å². The van der Waals surface area contributed by atoms with Gasteiger partial charge in [0.2, 0.25) is 0 Å². The summed E-state index contributed by atoms with van der Waals surface area (Å²) in [5.74, 6) is 5.07. The van der Waals surface area contributed by atoms with Crippen LogP contribution >= 0.6 is 0 Å². The van der Waals surface area contributed by atoms with Crippen LogP contribution in [0, 0.1) is 5.92 Å². The molecule has 11 heavy (non-hydrogen) atoms. The van der Waals surface area contributed by atoms with Crippen LogP contribution in [0.1, 0.15) is 25.7 Å². The van der Waals surface area contributed by atoms with Crippen molar-refractivity contribution in [3.63, 3.8) is 0 Å². The molecule has 1 aliphatic carbocycles. The predicted octanol–water partition coefficient (Wildman–Crippen LogP) is -0.506. The molecular formula is C7H15N3O. The second-order valence-corrected chi connectivity index (χ2v) is 3.08. The predicted molar refractivity (Wildman–Crippen MR) is 42.3 cm³/mol. The van der Waals surface area contributed by atoms with Gasteiger partial charge in [0, 0.05) is 0 Å². The van der Waals surface area contributed by atoms with Crippen molar-refractivity contribution in [1.82, 2.24) is 5.43 Å². The summed E-state index contributed by atoms with van der Waals surface area (Å²) in [5, 5.41) is 0. The molecule has 0 saturated heterocycles. The molecule has 0 aliphatic heterocycles. The first kappa shape index (κ1) is 8.49. The molecule has 0 aromatic rings. The number of carbonyl (C=O) groups is 1. The molecule has 0 heterocycles. The van der Waals surface area contributed by atoms with Gasteiger partial charge in [0.1, 0.15) is 0 Å². The lowest BCUT2D eigenvalue weighted by Crippen LogP contribution is -2.47. The van der Waals surface area contributed by atoms with E-state index in [9.17, 15) is 4.79 Å². The Kier molecular flexibility index (Phi) is 2.84. The molecule has 1 aliphatic rings. The zero-order valence-electron chi connectivity index (χ0n) is 6.55. The van der Waals surface area contributed by atoms with E-state index in [0.29, 0.717) is 5.92 Å². The van der Waals surface area contributed by atoms with E-state index in [1.807, 2.05) is 0 Å². The lowest BCUT2D eigenvalue weighted by atomic mass is 9.99. The summed E-state index contributed by atoms with van der Waals surface area (Å²) in [4.78, 5) is 10.9. The molecule has 0 aromatic heterocycles. The van der Waals surface area contributed by atoms with Crippen molar-refractivity contribution in [2.75, 3.05) is 0 Å². The lowest BCUT2D eigenvalue weighted by Gasteiger charge is -2.15. The first-order valence-electron chi connectivity index (χ1n) is 4.01. The maximum Gasteiger partial charge on any atom is 0.251 e. The molecule has 0 radical (unpaired) electrons. The molecule has 1 atom stereocenters. The van der Waals surface area contributed by atoms with E-state index < -0.39 is 6.04 Å². The monoisotopic (exact) mass is 157 g/mol. The summed E-state index contributed by atoms with van der Waals surface area (Å²) in [7, 11) is 0. The Bertz CT molecular complexity index is 143. The minimum atomic E-state index is -0.400. The number of nitrogens with two attached hydrogens (primary N) is 2. The van der Waals surface area contributed by atoms with E-state index in [2.05, 4.69) is 5.43 Å². The summed E-state index contributed by atoms with van der Waals surface area (Å²) in [6.07, 6.45) is 4.51. The zero-order chi connectivity index (χ0) is 8.27. The van der Waals surface area contributed by atoms with E-state index in [-0.39, 0.29) is 5.91 Å². The Balaban J connectivity index is 2.39. The van der Waals surface area contributed by atoms with Gasteiger partial charge in [-0.15, -0.1) is 0 Å². The third-order valence-electron chi connectivity index (χ3n) is 2.35. The fraction of sp³-hybridized carbons (Fsp3) is 0.857. The van der Waals surface area contributed by atoms with Crippen molar-refractivity contribution in [3.05, 3.63) is 0 Å². The zero-order valence-corrected chi connectivity index (χ0v) is 6.55. The molecule has 1 unspecified atom stereocenters. The topological polar surface area (TPSA) is 81.1 Å². The van der Waals surface area contributed by atoms with Crippen molar-refractivity contribution in [3.8, 4) is 0 Å². The van der Waals surface area contributed by atoms with Gasteiger partial charge in [-0.1, -0.05) is 12.8 Å². The third-order valence-corrected chi connectivity index (χ3v) is 2.35. The molecule has 4 nitrogen and oxygen atoms in total. The molecule has 0 bridgehead atoms. The molecule has 1 amide bonds. The highest BCUT2D eigenvalue weighted by atomic mass is 16.2. The minimum Gasteiger partial charge on any atom is -0.320 e. The molecule has 4 heteroatoms. The summed E-state index contributed by atoms with van der Waals surface area (Å²) in [6.45, 7) is 0. The molecule has 64 valence electrons. The second-order valence-electron chi connectivity index (χ2n) is 3.08. The Hall–Kier alpha value is -0.610. The number of hydrazine groups is 1. The van der Waals surface area contributed by atoms with Crippen molar-refractivity contribution in [1.29, 1.82) is 0 Å². The van der Waals surface area contributed by atoms with Crippen LogP contribution in [0.15, 0.2) is 0 Å². The first-order valence-corrected chi connectivity index (χ1v) is 4.01. The van der Waals surface area contributed by atoms with Crippen LogP contribution in [0.4, 0.5) is 0 Å². The normalized spacial score (nSPS) is 21.6. The van der Waals surface area contributed by atoms with Gasteiger partial charge in [-0.25, -0.2) is 5.84 Å². The SMILES string of the molecule is NNC(=O)C(N)C1CCCC1. The average Bonchev–Trinajstić information content (AvgIpc) is 2.53. The second kappa shape index (κ2) is 3.69. The van der Waals surface area contributed by atoms with E-state index in [1.54, 1.807) is 0 Å². The molecule has 5 N–H and O–H groups in total. The highest BCUT2D eigenvalue weighted by molar-refractivity contribution is 5.81. The van der Waals surface area contributed by atoms with Crippen LogP contribution in [0.25, 0.3) is 0 Å². The first-order chi connectivity index (χ1) is 5.25. The van der Waals surface area contributed by atoms with E-state index >= 15 is 0 Å². The molecule has 1 saturated carbocycles. The minimum absolute atomic E-state index is 0.239. The summed E-state index contributed by atoms with van der Waals surface area (Å²) in [5.41, 5.74) is 7.72. The number of carbonyl (C=O) groups excluding carboxylic acids is 1. The van der Waals surface area contributed by atoms with Gasteiger partial charge in [0.15, 0.2) is 0 Å². The number of hydrogen-bond donors (Lipinski definition) is 3. The largest absolute Gasteiger partial charge is 0.320 e. The number of amides is 1. The van der Waals surface area contributed by atoms with Crippen LogP contribution < -0.4 is 17.0 Å². The van der Waals surface area contributed by atoms with E-state index in [0.717, 1.165) is 12.8 Å². The van der Waals surface area contributed by atoms with Crippen LogP contribution in [0.3, 0.4) is 0 Å². The molecular weight excluding hydrogens is 142 g/mol. The van der Waals surface area contributed by atoms with E-state index in [4.69, 9.17) is 11.6 Å². The van der Waals surface area contributed by atoms with Crippen molar-refractivity contribution >= 4 is 5.91 Å². The highest BCUT2D eigenvalue weighted by Crippen LogP contribution is 2.26. The number of hydrogen-bond acceptors (Lipinski definition) is 3. The lowest BCUT2D eigenvalue weighted by molar-refractivity contribution is -0.123. The Labute approximate surface area is 66.3 Å². The van der Waals surface area contributed by atoms with Gasteiger partial charge in [-0.05, 0) is 18.8 Å². The van der Waals surface area contributed by atoms with Gasteiger partial charge in [-0.3, -0.25) is 10.2 Å². The molecule has 0 spiro atoms. The van der Waals surface area contributed by atoms with Gasteiger partial charge in [0.05, 0.1) is 6.04 Å². The molecule has 1 fully saturated rings. The van der Waals surface area contributed by atoms with Gasteiger partial charge in [0.25, 0.3) is 5.91 Å². The Morgan fingerprint density at radius 1 is 1.45 bits per heavy atom. The summed E-state index contributed by atoms with van der Waals surface area (Å²) in [6, 6.07) is -0.400. The number of nitrogens with one attached hydrogen (secondary N) is 1. The van der Waals surface area contributed by atoms with E-state index in [1.165, 1.54) is 12.8 Å².